The molecule has 0 saturated heterocycles. The van der Waals surface area contributed by atoms with Gasteiger partial charge in [-0.1, -0.05) is 141 Å². The molecule has 0 N–H and O–H groups in total. The molecule has 0 amide bonds. The lowest BCUT2D eigenvalue weighted by Crippen LogP contribution is -2.08. The van der Waals surface area contributed by atoms with Crippen molar-refractivity contribution in [2.24, 2.45) is 0 Å². The highest BCUT2D eigenvalue weighted by molar-refractivity contribution is 5.55. The minimum atomic E-state index is -0.813. The van der Waals surface area contributed by atoms with E-state index in [2.05, 4.69) is 23.8 Å². The maximum atomic E-state index is 14.4. The predicted octanol–water partition coefficient (Wildman–Crippen LogP) is 11.6. The molecule has 1 aromatic carbocycles. The van der Waals surface area contributed by atoms with Crippen molar-refractivity contribution >= 4 is 0 Å². The van der Waals surface area contributed by atoms with Crippen LogP contribution in [0.5, 0.6) is 5.75 Å². The van der Waals surface area contributed by atoms with E-state index in [-0.39, 0.29) is 0 Å². The molecule has 0 saturated carbocycles. The minimum Gasteiger partial charge on any atom is -0.490 e. The predicted molar refractivity (Wildman–Crippen MR) is 170 cm³/mol. The summed E-state index contributed by atoms with van der Waals surface area (Å²) < 4.78 is 34.0. The van der Waals surface area contributed by atoms with Crippen LogP contribution in [0.25, 0.3) is 11.4 Å². The van der Waals surface area contributed by atoms with Gasteiger partial charge in [0, 0.05) is 12.0 Å². The van der Waals surface area contributed by atoms with Gasteiger partial charge in [0.25, 0.3) is 0 Å². The molecule has 0 fully saturated rings. The van der Waals surface area contributed by atoms with E-state index in [0.717, 1.165) is 49.7 Å². The summed E-state index contributed by atoms with van der Waals surface area (Å²) in [6.45, 7) is 4.73. The zero-order valence-corrected chi connectivity index (χ0v) is 26.2. The smallest absolute Gasteiger partial charge is 0.159 e. The third kappa shape index (κ3) is 17.5. The van der Waals surface area contributed by atoms with Crippen molar-refractivity contribution in [2.75, 3.05) is 6.61 Å². The highest BCUT2D eigenvalue weighted by Gasteiger charge is 2.09. The van der Waals surface area contributed by atoms with E-state index in [0.29, 0.717) is 43.9 Å². The number of hydrogen-bond donors (Lipinski definition) is 0. The number of hydrogen-bond acceptors (Lipinski definition) is 3. The van der Waals surface area contributed by atoms with Crippen LogP contribution in [0.15, 0.2) is 36.7 Å². The first-order chi connectivity index (χ1) is 20.1. The highest BCUT2D eigenvalue weighted by Crippen LogP contribution is 2.20. The van der Waals surface area contributed by atoms with Crippen molar-refractivity contribution in [1.82, 2.24) is 9.97 Å². The molecule has 41 heavy (non-hydrogen) atoms. The average molecular weight is 573 g/mol. The largest absolute Gasteiger partial charge is 0.490 e. The lowest BCUT2D eigenvalue weighted by atomic mass is 10.0. The van der Waals surface area contributed by atoms with E-state index in [9.17, 15) is 8.78 Å². The van der Waals surface area contributed by atoms with Gasteiger partial charge in [-0.3, -0.25) is 0 Å². The summed E-state index contributed by atoms with van der Waals surface area (Å²) in [5.41, 5.74) is 2.06. The van der Waals surface area contributed by atoms with Crippen molar-refractivity contribution in [3.05, 3.63) is 42.2 Å². The van der Waals surface area contributed by atoms with Crippen LogP contribution in [-0.2, 0) is 6.42 Å². The molecule has 0 unspecified atom stereocenters. The number of halogens is 2. The molecular weight excluding hydrogens is 514 g/mol. The van der Waals surface area contributed by atoms with E-state index >= 15 is 0 Å². The second-order valence-corrected chi connectivity index (χ2v) is 11.8. The molecule has 2 aromatic rings. The Hall–Kier alpha value is -2.04. The van der Waals surface area contributed by atoms with Crippen LogP contribution in [0.1, 0.15) is 148 Å². The van der Waals surface area contributed by atoms with Gasteiger partial charge in [-0.2, -0.15) is 0 Å². The third-order valence-corrected chi connectivity index (χ3v) is 8.03. The fraction of sp³-hybridized carbons (Fsp3) is 0.722. The van der Waals surface area contributed by atoms with Crippen molar-refractivity contribution in [1.29, 1.82) is 0 Å². The van der Waals surface area contributed by atoms with Gasteiger partial charge in [-0.25, -0.2) is 18.7 Å². The molecule has 0 radical (unpaired) electrons. The second-order valence-electron chi connectivity index (χ2n) is 11.8. The molecular formula is C36H58F2N2O. The highest BCUT2D eigenvalue weighted by atomic mass is 19.1. The summed E-state index contributed by atoms with van der Waals surface area (Å²) in [5, 5.41) is 0. The average Bonchev–Trinajstić information content (AvgIpc) is 2.99. The van der Waals surface area contributed by atoms with Crippen LogP contribution < -0.4 is 4.74 Å². The quantitative estimate of drug-likeness (QED) is 0.105. The fourth-order valence-corrected chi connectivity index (χ4v) is 5.28. The van der Waals surface area contributed by atoms with E-state index in [1.165, 1.54) is 70.6 Å². The lowest BCUT2D eigenvalue weighted by molar-refractivity contribution is 0.222. The molecule has 1 aromatic heterocycles. The Bertz CT molecular complexity index is 859. The molecule has 0 aliphatic carbocycles. The summed E-state index contributed by atoms with van der Waals surface area (Å²) in [4.78, 5) is 8.81. The van der Waals surface area contributed by atoms with Crippen LogP contribution in [-0.4, -0.2) is 28.9 Å². The summed E-state index contributed by atoms with van der Waals surface area (Å²) >= 11 is 0. The molecule has 1 heterocycles. The van der Waals surface area contributed by atoms with Crippen LogP contribution in [0.2, 0.25) is 0 Å². The van der Waals surface area contributed by atoms with Crippen molar-refractivity contribution in [2.45, 2.75) is 161 Å². The van der Waals surface area contributed by atoms with Gasteiger partial charge in [-0.05, 0) is 31.2 Å². The third-order valence-electron chi connectivity index (χ3n) is 8.03. The maximum absolute atomic E-state index is 14.4. The molecule has 0 spiro atoms. The fourth-order valence-electron chi connectivity index (χ4n) is 5.28. The zero-order chi connectivity index (χ0) is 29.4. The summed E-state index contributed by atoms with van der Waals surface area (Å²) in [6, 6.07) is 8.08. The molecule has 0 bridgehead atoms. The van der Waals surface area contributed by atoms with Crippen LogP contribution in [0.3, 0.4) is 0 Å². The normalized spacial score (nSPS) is 12.9. The Labute approximate surface area is 250 Å². The van der Waals surface area contributed by atoms with Crippen LogP contribution in [0, 0.1) is 0 Å². The number of ether oxygens (including phenoxy) is 1. The number of rotatable bonds is 26. The van der Waals surface area contributed by atoms with Crippen molar-refractivity contribution in [3.63, 3.8) is 0 Å². The van der Waals surface area contributed by atoms with Gasteiger partial charge in [0.15, 0.2) is 11.6 Å². The van der Waals surface area contributed by atoms with E-state index in [4.69, 9.17) is 4.74 Å². The molecule has 2 rings (SSSR count). The van der Waals surface area contributed by atoms with Gasteiger partial charge in [0.2, 0.25) is 0 Å². The van der Waals surface area contributed by atoms with Crippen molar-refractivity contribution < 1.29 is 13.5 Å². The van der Waals surface area contributed by atoms with Gasteiger partial charge >= 0.3 is 0 Å². The number of nitrogens with zero attached hydrogens (tertiary/aromatic N) is 2. The number of aryl methyl sites for hydroxylation is 1. The summed E-state index contributed by atoms with van der Waals surface area (Å²) in [5.74, 6) is 1.18. The van der Waals surface area contributed by atoms with Crippen molar-refractivity contribution in [3.8, 4) is 17.1 Å². The van der Waals surface area contributed by atoms with E-state index in [1.807, 2.05) is 24.3 Å². The Kier molecular flexibility index (Phi) is 20.2. The number of benzene rings is 1. The molecule has 0 aliphatic heterocycles. The standard InChI is InChI=1S/C36H58F2N2O/c1-3-5-7-8-9-10-11-12-13-14-15-16-18-20-33(37)26-23-31-21-24-32(25-22-31)36-39-29-35(30-40-36)41-28-27-34(38)19-17-6-4-2/h21-22,24-25,29-30,33-34H,3-20,23,26-28H2,1-2H3/t33-,34+/m1/s1. The monoisotopic (exact) mass is 572 g/mol. The first-order valence-electron chi connectivity index (χ1n) is 16.9. The Morgan fingerprint density at radius 1 is 0.585 bits per heavy atom. The van der Waals surface area contributed by atoms with Gasteiger partial charge in [-0.15, -0.1) is 0 Å². The molecule has 3 nitrogen and oxygen atoms in total. The SMILES string of the molecule is CCCCCCCCCCCCCCC[C@@H](F)CCc1ccc(-c2ncc(OCC[C@@H](F)CCCCC)cn2)cc1. The number of alkyl halides is 2. The maximum Gasteiger partial charge on any atom is 0.159 e. The first-order valence-corrected chi connectivity index (χ1v) is 16.9. The van der Waals surface area contributed by atoms with Crippen LogP contribution >= 0.6 is 0 Å². The minimum absolute atomic E-state index is 0.333. The van der Waals surface area contributed by atoms with Crippen LogP contribution in [0.4, 0.5) is 8.78 Å². The van der Waals surface area contributed by atoms with Gasteiger partial charge in [0.1, 0.15) is 12.3 Å². The van der Waals surface area contributed by atoms with Gasteiger partial charge in [0.05, 0.1) is 19.0 Å². The van der Waals surface area contributed by atoms with E-state index < -0.39 is 12.3 Å². The second kappa shape index (κ2) is 23.5. The summed E-state index contributed by atoms with van der Waals surface area (Å²) in [7, 11) is 0. The Morgan fingerprint density at radius 3 is 1.61 bits per heavy atom. The topological polar surface area (TPSA) is 35.0 Å². The Balaban J connectivity index is 1.52. The first kappa shape index (κ1) is 35.2. The molecule has 2 atom stereocenters. The zero-order valence-electron chi connectivity index (χ0n) is 26.2. The molecule has 5 heteroatoms. The number of unbranched alkanes of at least 4 members (excludes halogenated alkanes) is 14. The summed E-state index contributed by atoms with van der Waals surface area (Å²) in [6.07, 6.45) is 25.0. The Morgan fingerprint density at radius 2 is 1.05 bits per heavy atom. The number of aromatic nitrogens is 2. The lowest BCUT2D eigenvalue weighted by Gasteiger charge is -2.10. The molecule has 232 valence electrons. The van der Waals surface area contributed by atoms with Gasteiger partial charge < -0.3 is 4.74 Å². The van der Waals surface area contributed by atoms with E-state index in [1.54, 1.807) is 12.4 Å². The molecule has 0 aliphatic rings.